The summed E-state index contributed by atoms with van der Waals surface area (Å²) in [7, 11) is 0. The fourth-order valence-corrected chi connectivity index (χ4v) is 3.09. The highest BCUT2D eigenvalue weighted by Crippen LogP contribution is 2.46. The predicted molar refractivity (Wildman–Crippen MR) is 61.0 cm³/mol. The van der Waals surface area contributed by atoms with Crippen LogP contribution in [-0.2, 0) is 0 Å². The van der Waals surface area contributed by atoms with Gasteiger partial charge in [0.25, 0.3) is 0 Å². The van der Waals surface area contributed by atoms with Gasteiger partial charge in [-0.3, -0.25) is 4.99 Å². The molecule has 3 nitrogen and oxygen atoms in total. The average molecular weight is 197 g/mol. The van der Waals surface area contributed by atoms with E-state index in [1.54, 1.807) is 0 Å². The molecular formula is C11H23N3. The van der Waals surface area contributed by atoms with Gasteiger partial charge in [0, 0.05) is 0 Å². The molecular weight excluding hydrogens is 174 g/mol. The molecule has 14 heavy (non-hydrogen) atoms. The molecule has 0 aromatic carbocycles. The van der Waals surface area contributed by atoms with Gasteiger partial charge in [-0.15, -0.1) is 0 Å². The Balaban J connectivity index is 2.77. The van der Waals surface area contributed by atoms with E-state index in [1.807, 2.05) is 0 Å². The van der Waals surface area contributed by atoms with Crippen LogP contribution in [0.2, 0.25) is 0 Å². The van der Waals surface area contributed by atoms with Crippen molar-refractivity contribution in [2.75, 3.05) is 0 Å². The molecule has 1 saturated carbocycles. The molecule has 0 unspecified atom stereocenters. The topological polar surface area (TPSA) is 64.4 Å². The largest absolute Gasteiger partial charge is 0.370 e. The van der Waals surface area contributed by atoms with E-state index >= 15 is 0 Å². The first kappa shape index (κ1) is 11.3. The smallest absolute Gasteiger partial charge is 0.186 e. The normalized spacial score (nSPS) is 25.7. The van der Waals surface area contributed by atoms with Crippen molar-refractivity contribution in [3.63, 3.8) is 0 Å². The summed E-state index contributed by atoms with van der Waals surface area (Å²) in [5, 5.41) is 0. The Kier molecular flexibility index (Phi) is 2.79. The summed E-state index contributed by atoms with van der Waals surface area (Å²) in [4.78, 5) is 4.30. The van der Waals surface area contributed by atoms with E-state index in [-0.39, 0.29) is 5.96 Å². The van der Waals surface area contributed by atoms with Crippen molar-refractivity contribution >= 4 is 5.96 Å². The minimum Gasteiger partial charge on any atom is -0.370 e. The second kappa shape index (κ2) is 3.44. The van der Waals surface area contributed by atoms with Gasteiger partial charge in [0.05, 0.1) is 6.04 Å². The van der Waals surface area contributed by atoms with Gasteiger partial charge in [0.1, 0.15) is 0 Å². The number of hydrogen-bond donors (Lipinski definition) is 2. The molecule has 0 heterocycles. The summed E-state index contributed by atoms with van der Waals surface area (Å²) in [5.41, 5.74) is 11.6. The molecule has 0 bridgehead atoms. The number of hydrogen-bond acceptors (Lipinski definition) is 1. The van der Waals surface area contributed by atoms with Crippen LogP contribution in [0, 0.1) is 10.8 Å². The van der Waals surface area contributed by atoms with Gasteiger partial charge in [-0.1, -0.05) is 27.7 Å². The van der Waals surface area contributed by atoms with Gasteiger partial charge < -0.3 is 11.5 Å². The Labute approximate surface area is 87.0 Å². The maximum absolute atomic E-state index is 5.43. The van der Waals surface area contributed by atoms with Crippen LogP contribution in [0.4, 0.5) is 0 Å². The summed E-state index contributed by atoms with van der Waals surface area (Å²) < 4.78 is 0. The van der Waals surface area contributed by atoms with Gasteiger partial charge in [-0.2, -0.15) is 0 Å². The third kappa shape index (κ3) is 3.20. The fraction of sp³-hybridized carbons (Fsp3) is 0.909. The monoisotopic (exact) mass is 197 g/mol. The highest BCUT2D eigenvalue weighted by molar-refractivity contribution is 5.75. The molecule has 1 aliphatic carbocycles. The molecule has 0 saturated heterocycles. The van der Waals surface area contributed by atoms with E-state index < -0.39 is 0 Å². The highest BCUT2D eigenvalue weighted by Gasteiger charge is 2.38. The SMILES string of the molecule is CC1(C)CC(N=C(N)N)CC(C)(C)C1. The van der Waals surface area contributed by atoms with Crippen LogP contribution < -0.4 is 11.5 Å². The first-order valence-electron chi connectivity index (χ1n) is 5.29. The van der Waals surface area contributed by atoms with E-state index in [0.717, 1.165) is 12.8 Å². The van der Waals surface area contributed by atoms with E-state index in [9.17, 15) is 0 Å². The molecule has 0 aromatic rings. The van der Waals surface area contributed by atoms with Crippen molar-refractivity contribution in [2.24, 2.45) is 27.3 Å². The highest BCUT2D eigenvalue weighted by atomic mass is 15.0. The number of rotatable bonds is 1. The van der Waals surface area contributed by atoms with E-state index in [4.69, 9.17) is 11.5 Å². The molecule has 1 fully saturated rings. The first-order valence-corrected chi connectivity index (χ1v) is 5.29. The molecule has 0 aliphatic heterocycles. The number of aliphatic imine (C=N–C) groups is 1. The lowest BCUT2D eigenvalue weighted by molar-refractivity contribution is 0.0996. The molecule has 3 heteroatoms. The van der Waals surface area contributed by atoms with Crippen LogP contribution in [0.1, 0.15) is 47.0 Å². The van der Waals surface area contributed by atoms with Crippen molar-refractivity contribution < 1.29 is 0 Å². The van der Waals surface area contributed by atoms with Gasteiger partial charge in [-0.05, 0) is 30.1 Å². The lowest BCUT2D eigenvalue weighted by Crippen LogP contribution is -2.37. The lowest BCUT2D eigenvalue weighted by atomic mass is 9.64. The lowest BCUT2D eigenvalue weighted by Gasteiger charge is -2.43. The zero-order chi connectivity index (χ0) is 11.0. The number of nitrogens with two attached hydrogens (primary N) is 2. The zero-order valence-corrected chi connectivity index (χ0v) is 9.80. The molecule has 1 aliphatic rings. The van der Waals surface area contributed by atoms with Crippen molar-refractivity contribution in [3.05, 3.63) is 0 Å². The second-order valence-electron chi connectivity index (χ2n) is 6.12. The molecule has 82 valence electrons. The average Bonchev–Trinajstić information content (AvgIpc) is 1.74. The summed E-state index contributed by atoms with van der Waals surface area (Å²) >= 11 is 0. The fourth-order valence-electron chi connectivity index (χ4n) is 3.09. The first-order chi connectivity index (χ1) is 6.20. The van der Waals surface area contributed by atoms with Crippen LogP contribution in [0.15, 0.2) is 4.99 Å². The minimum absolute atomic E-state index is 0.225. The second-order valence-corrected chi connectivity index (χ2v) is 6.12. The Morgan fingerprint density at radius 3 is 1.86 bits per heavy atom. The summed E-state index contributed by atoms with van der Waals surface area (Å²) in [6.07, 6.45) is 3.43. The zero-order valence-electron chi connectivity index (χ0n) is 9.80. The summed E-state index contributed by atoms with van der Waals surface area (Å²) in [6.45, 7) is 9.18. The molecule has 0 spiro atoms. The van der Waals surface area contributed by atoms with Crippen LogP contribution in [-0.4, -0.2) is 12.0 Å². The van der Waals surface area contributed by atoms with Crippen LogP contribution in [0.5, 0.6) is 0 Å². The Hall–Kier alpha value is -0.730. The third-order valence-corrected chi connectivity index (χ3v) is 2.87. The van der Waals surface area contributed by atoms with Crippen LogP contribution in [0.3, 0.4) is 0 Å². The van der Waals surface area contributed by atoms with Gasteiger partial charge in [-0.25, -0.2) is 0 Å². The third-order valence-electron chi connectivity index (χ3n) is 2.87. The number of nitrogens with zero attached hydrogens (tertiary/aromatic N) is 1. The van der Waals surface area contributed by atoms with E-state index in [0.29, 0.717) is 16.9 Å². The maximum atomic E-state index is 5.43. The predicted octanol–water partition coefficient (Wildman–Crippen LogP) is 1.86. The van der Waals surface area contributed by atoms with Crippen LogP contribution >= 0.6 is 0 Å². The standard InChI is InChI=1S/C11H23N3/c1-10(2)5-8(14-9(12)13)6-11(3,4)7-10/h8H,5-7H2,1-4H3,(H4,12,13,14). The maximum Gasteiger partial charge on any atom is 0.186 e. The molecule has 0 aromatic heterocycles. The van der Waals surface area contributed by atoms with Gasteiger partial charge in [0.15, 0.2) is 5.96 Å². The van der Waals surface area contributed by atoms with Crippen molar-refractivity contribution in [2.45, 2.75) is 53.0 Å². The van der Waals surface area contributed by atoms with Crippen molar-refractivity contribution in [3.8, 4) is 0 Å². The minimum atomic E-state index is 0.225. The van der Waals surface area contributed by atoms with Crippen molar-refractivity contribution in [1.82, 2.24) is 0 Å². The molecule has 0 radical (unpaired) electrons. The Bertz CT molecular complexity index is 221. The molecule has 4 N–H and O–H groups in total. The number of guanidine groups is 1. The summed E-state index contributed by atoms with van der Waals surface area (Å²) in [5.74, 6) is 0.225. The molecule has 0 amide bonds. The van der Waals surface area contributed by atoms with Gasteiger partial charge >= 0.3 is 0 Å². The quantitative estimate of drug-likeness (QED) is 0.498. The summed E-state index contributed by atoms with van der Waals surface area (Å²) in [6, 6.07) is 0.304. The Morgan fingerprint density at radius 1 is 1.07 bits per heavy atom. The Morgan fingerprint density at radius 2 is 1.50 bits per heavy atom. The molecule has 0 atom stereocenters. The van der Waals surface area contributed by atoms with E-state index in [1.165, 1.54) is 6.42 Å². The van der Waals surface area contributed by atoms with E-state index in [2.05, 4.69) is 32.7 Å². The van der Waals surface area contributed by atoms with Crippen LogP contribution in [0.25, 0.3) is 0 Å². The molecule has 1 rings (SSSR count). The van der Waals surface area contributed by atoms with Gasteiger partial charge in [0.2, 0.25) is 0 Å². The van der Waals surface area contributed by atoms with Crippen molar-refractivity contribution in [1.29, 1.82) is 0 Å².